The molecule has 1 saturated carbocycles. The van der Waals surface area contributed by atoms with Crippen LogP contribution in [-0.2, 0) is 19.4 Å². The molecule has 136 valence electrons. The molecule has 3 rings (SSSR count). The molecular formula is C18H24N2O4S. The van der Waals surface area contributed by atoms with Gasteiger partial charge in [-0.3, -0.25) is 9.59 Å². The predicted molar refractivity (Wildman–Crippen MR) is 93.7 cm³/mol. The third-order valence-electron chi connectivity index (χ3n) is 5.26. The van der Waals surface area contributed by atoms with Crippen LogP contribution in [0.15, 0.2) is 29.2 Å². The summed E-state index contributed by atoms with van der Waals surface area (Å²) < 4.78 is 24.8. The lowest BCUT2D eigenvalue weighted by molar-refractivity contribution is -0.131. The lowest BCUT2D eigenvalue weighted by Crippen LogP contribution is -2.60. The normalized spacial score (nSPS) is 23.1. The van der Waals surface area contributed by atoms with E-state index in [2.05, 4.69) is 10.6 Å². The summed E-state index contributed by atoms with van der Waals surface area (Å²) in [5.74, 6) is -0.769. The fourth-order valence-corrected chi connectivity index (χ4v) is 5.50. The number of aryl methyl sites for hydroxylation is 1. The van der Waals surface area contributed by atoms with E-state index in [1.807, 2.05) is 6.92 Å². The fraction of sp³-hybridized carbons (Fsp3) is 0.556. The van der Waals surface area contributed by atoms with Crippen LogP contribution in [0.5, 0.6) is 0 Å². The molecule has 2 fully saturated rings. The van der Waals surface area contributed by atoms with Gasteiger partial charge in [-0.2, -0.15) is 0 Å². The molecule has 0 spiro atoms. The molecule has 0 bridgehead atoms. The summed E-state index contributed by atoms with van der Waals surface area (Å²) in [5.41, 5.74) is 0.959. The Morgan fingerprint density at radius 1 is 1.16 bits per heavy atom. The number of sulfone groups is 1. The van der Waals surface area contributed by atoms with Gasteiger partial charge in [-0.1, -0.05) is 17.7 Å². The second kappa shape index (κ2) is 6.78. The van der Waals surface area contributed by atoms with E-state index in [9.17, 15) is 18.0 Å². The smallest absolute Gasteiger partial charge is 0.242 e. The first kappa shape index (κ1) is 17.9. The Balaban J connectivity index is 1.85. The van der Waals surface area contributed by atoms with Gasteiger partial charge >= 0.3 is 0 Å². The average Bonchev–Trinajstić information content (AvgIpc) is 2.71. The van der Waals surface area contributed by atoms with E-state index in [4.69, 9.17) is 0 Å². The van der Waals surface area contributed by atoms with Gasteiger partial charge in [-0.15, -0.1) is 0 Å². The van der Waals surface area contributed by atoms with Gasteiger partial charge < -0.3 is 10.6 Å². The van der Waals surface area contributed by atoms with Gasteiger partial charge in [-0.25, -0.2) is 8.42 Å². The maximum atomic E-state index is 13.1. The van der Waals surface area contributed by atoms with E-state index in [-0.39, 0.29) is 10.8 Å². The van der Waals surface area contributed by atoms with Gasteiger partial charge in [0.2, 0.25) is 11.8 Å². The first-order valence-corrected chi connectivity index (χ1v) is 10.3. The zero-order valence-corrected chi connectivity index (χ0v) is 15.2. The van der Waals surface area contributed by atoms with Crippen LogP contribution in [-0.4, -0.2) is 37.6 Å². The highest BCUT2D eigenvalue weighted by atomic mass is 32.2. The second-order valence-corrected chi connectivity index (χ2v) is 9.24. The maximum Gasteiger partial charge on any atom is 0.242 e. The minimum absolute atomic E-state index is 0.165. The number of carbonyl (C=O) groups is 2. The molecule has 0 aromatic heterocycles. The van der Waals surface area contributed by atoms with Crippen LogP contribution < -0.4 is 10.6 Å². The van der Waals surface area contributed by atoms with Gasteiger partial charge in [0.1, 0.15) is 6.04 Å². The molecule has 1 aromatic carbocycles. The molecule has 1 aliphatic carbocycles. The molecule has 1 aliphatic heterocycles. The largest absolute Gasteiger partial charge is 0.354 e. The number of amides is 2. The molecule has 7 heteroatoms. The van der Waals surface area contributed by atoms with E-state index in [0.717, 1.165) is 18.4 Å². The number of benzene rings is 1. The molecule has 6 nitrogen and oxygen atoms in total. The van der Waals surface area contributed by atoms with Crippen molar-refractivity contribution in [3.63, 3.8) is 0 Å². The number of hydrogen-bond acceptors (Lipinski definition) is 4. The van der Waals surface area contributed by atoms with Crippen molar-refractivity contribution >= 4 is 21.7 Å². The minimum atomic E-state index is -3.80. The third-order valence-corrected chi connectivity index (χ3v) is 7.78. The van der Waals surface area contributed by atoms with Crippen molar-refractivity contribution < 1.29 is 18.0 Å². The maximum absolute atomic E-state index is 13.1. The highest BCUT2D eigenvalue weighted by Crippen LogP contribution is 2.43. The number of rotatable bonds is 4. The van der Waals surface area contributed by atoms with Crippen molar-refractivity contribution in [3.8, 4) is 0 Å². The van der Waals surface area contributed by atoms with Crippen molar-refractivity contribution in [1.29, 1.82) is 0 Å². The Morgan fingerprint density at radius 3 is 2.44 bits per heavy atom. The molecule has 25 heavy (non-hydrogen) atoms. The Morgan fingerprint density at radius 2 is 1.84 bits per heavy atom. The number of hydrogen-bond donors (Lipinski definition) is 2. The van der Waals surface area contributed by atoms with Crippen LogP contribution >= 0.6 is 0 Å². The summed E-state index contributed by atoms with van der Waals surface area (Å²) in [5, 5.41) is 5.47. The zero-order chi connectivity index (χ0) is 18.1. The first-order chi connectivity index (χ1) is 11.9. The summed E-state index contributed by atoms with van der Waals surface area (Å²) in [6.07, 6.45) is 3.51. The van der Waals surface area contributed by atoms with Gasteiger partial charge in [0, 0.05) is 6.54 Å². The van der Waals surface area contributed by atoms with E-state index in [0.29, 0.717) is 32.2 Å². The van der Waals surface area contributed by atoms with Crippen LogP contribution in [0.2, 0.25) is 0 Å². The van der Waals surface area contributed by atoms with Crippen molar-refractivity contribution in [1.82, 2.24) is 10.6 Å². The van der Waals surface area contributed by atoms with Crippen molar-refractivity contribution in [3.05, 3.63) is 29.8 Å². The van der Waals surface area contributed by atoms with E-state index >= 15 is 0 Å². The van der Waals surface area contributed by atoms with Gasteiger partial charge in [0.05, 0.1) is 4.90 Å². The summed E-state index contributed by atoms with van der Waals surface area (Å²) in [6.45, 7) is 2.48. The lowest BCUT2D eigenvalue weighted by Gasteiger charge is -2.40. The molecule has 0 unspecified atom stereocenters. The van der Waals surface area contributed by atoms with Crippen LogP contribution in [0.4, 0.5) is 0 Å². The molecule has 1 atom stereocenters. The highest BCUT2D eigenvalue weighted by Gasteiger charge is 2.56. The first-order valence-electron chi connectivity index (χ1n) is 8.77. The predicted octanol–water partition coefficient (Wildman–Crippen LogP) is 1.48. The SMILES string of the molecule is Cc1ccc(S(=O)(=O)C2(C(=O)N[C@@H]3CCCCNC3=O)CCC2)cc1. The van der Waals surface area contributed by atoms with Gasteiger partial charge in [-0.05, 0) is 57.6 Å². The Labute approximate surface area is 148 Å². The fourth-order valence-electron chi connectivity index (χ4n) is 3.43. The topological polar surface area (TPSA) is 92.3 Å². The summed E-state index contributed by atoms with van der Waals surface area (Å²) in [6, 6.07) is 5.92. The average molecular weight is 364 g/mol. The van der Waals surface area contributed by atoms with Crippen LogP contribution in [0, 0.1) is 6.92 Å². The van der Waals surface area contributed by atoms with E-state index in [1.165, 1.54) is 0 Å². The van der Waals surface area contributed by atoms with Crippen LogP contribution in [0.25, 0.3) is 0 Å². The van der Waals surface area contributed by atoms with E-state index in [1.54, 1.807) is 24.3 Å². The van der Waals surface area contributed by atoms with Crippen LogP contribution in [0.1, 0.15) is 44.1 Å². The molecule has 1 heterocycles. The monoisotopic (exact) mass is 364 g/mol. The minimum Gasteiger partial charge on any atom is -0.354 e. The molecule has 0 radical (unpaired) electrons. The Bertz CT molecular complexity index is 767. The van der Waals surface area contributed by atoms with E-state index < -0.39 is 26.5 Å². The number of carbonyl (C=O) groups excluding carboxylic acids is 2. The second-order valence-electron chi connectivity index (χ2n) is 6.98. The molecular weight excluding hydrogens is 340 g/mol. The summed E-state index contributed by atoms with van der Waals surface area (Å²) >= 11 is 0. The van der Waals surface area contributed by atoms with Crippen molar-refractivity contribution in [2.45, 2.75) is 61.1 Å². The Hall–Kier alpha value is -1.89. The lowest BCUT2D eigenvalue weighted by atomic mass is 9.83. The molecule has 2 aliphatic rings. The summed E-state index contributed by atoms with van der Waals surface area (Å²) in [7, 11) is -3.80. The van der Waals surface area contributed by atoms with Gasteiger partial charge in [0.15, 0.2) is 14.6 Å². The van der Waals surface area contributed by atoms with Gasteiger partial charge in [0.25, 0.3) is 0 Å². The zero-order valence-electron chi connectivity index (χ0n) is 14.4. The third kappa shape index (κ3) is 3.17. The molecule has 2 amide bonds. The van der Waals surface area contributed by atoms with Crippen molar-refractivity contribution in [2.75, 3.05) is 6.54 Å². The van der Waals surface area contributed by atoms with Crippen molar-refractivity contribution in [2.24, 2.45) is 0 Å². The van der Waals surface area contributed by atoms with Crippen LogP contribution in [0.3, 0.4) is 0 Å². The Kier molecular flexibility index (Phi) is 4.86. The molecule has 2 N–H and O–H groups in total. The molecule has 1 saturated heterocycles. The number of nitrogens with one attached hydrogen (secondary N) is 2. The summed E-state index contributed by atoms with van der Waals surface area (Å²) in [4.78, 5) is 25.1. The molecule has 1 aromatic rings. The highest BCUT2D eigenvalue weighted by molar-refractivity contribution is 7.93. The quantitative estimate of drug-likeness (QED) is 0.846. The standard InChI is InChI=1S/C18H24N2O4S/c1-13-6-8-14(9-7-13)25(23,24)18(10-4-11-18)17(22)20-15-5-2-3-12-19-16(15)21/h6-9,15H,2-5,10-12H2,1H3,(H,19,21)(H,20,22)/t15-/m1/s1.